The van der Waals surface area contributed by atoms with E-state index in [0.717, 1.165) is 8.97 Å². The Hall–Kier alpha value is -3.76. The molecule has 0 aliphatic heterocycles. The molecule has 0 saturated heterocycles. The first-order valence-corrected chi connectivity index (χ1v) is 11.2. The molecule has 36 heavy (non-hydrogen) atoms. The number of rotatable bonds is 7. The van der Waals surface area contributed by atoms with Crippen molar-refractivity contribution in [2.75, 3.05) is 69.5 Å². The Morgan fingerprint density at radius 1 is 0.556 bits per heavy atom. The lowest BCUT2D eigenvalue weighted by Gasteiger charge is -2.14. The van der Waals surface area contributed by atoms with Gasteiger partial charge in [-0.2, -0.15) is 0 Å². The molecular weight excluding hydrogens is 464 g/mol. The van der Waals surface area contributed by atoms with Crippen LogP contribution in [0.25, 0.3) is 0 Å². The highest BCUT2D eigenvalue weighted by molar-refractivity contribution is 6.05. The summed E-state index contributed by atoms with van der Waals surface area (Å²) in [5.74, 6) is -4.20. The lowest BCUT2D eigenvalue weighted by molar-refractivity contribution is -0.849. The zero-order chi connectivity index (χ0) is 28.1. The Labute approximate surface area is 213 Å². The normalized spacial score (nSPS) is 10.6. The van der Waals surface area contributed by atoms with E-state index >= 15 is 0 Å². The van der Waals surface area contributed by atoms with Crippen molar-refractivity contribution in [3.8, 4) is 0 Å². The molecule has 0 bridgehead atoms. The van der Waals surface area contributed by atoms with Crippen LogP contribution in [0.2, 0.25) is 0 Å². The predicted octanol–water partition coefficient (Wildman–Crippen LogP) is -0.782. The summed E-state index contributed by atoms with van der Waals surface area (Å²) in [6.07, 6.45) is 0. The zero-order valence-corrected chi connectivity index (χ0v) is 22.4. The van der Waals surface area contributed by atoms with E-state index in [1.54, 1.807) is 0 Å². The van der Waals surface area contributed by atoms with Crippen LogP contribution in [0.15, 0.2) is 48.5 Å². The Bertz CT molecular complexity index is 944. The van der Waals surface area contributed by atoms with Crippen LogP contribution in [-0.2, 0) is 0 Å². The lowest BCUT2D eigenvalue weighted by atomic mass is 10.1. The fourth-order valence-electron chi connectivity index (χ4n) is 2.26. The minimum Gasteiger partial charge on any atom is -0.545 e. The summed E-state index contributed by atoms with van der Waals surface area (Å²) in [5.41, 5.74) is -0.587. The number of carbonyl (C=O) groups excluding carboxylic acids is 4. The molecule has 2 aromatic rings. The number of hydrogen-bond acceptors (Lipinski definition) is 6. The van der Waals surface area contributed by atoms with Crippen LogP contribution in [0.1, 0.15) is 41.4 Å². The first-order valence-electron chi connectivity index (χ1n) is 11.2. The molecule has 0 spiro atoms. The third kappa shape index (κ3) is 15.2. The maximum atomic E-state index is 12.0. The predicted molar refractivity (Wildman–Crippen MR) is 134 cm³/mol. The Morgan fingerprint density at radius 3 is 1.00 bits per heavy atom. The van der Waals surface area contributed by atoms with E-state index in [4.69, 9.17) is 0 Å². The molecule has 2 rings (SSSR count). The molecule has 0 saturated carbocycles. The van der Waals surface area contributed by atoms with Crippen LogP contribution in [0, 0.1) is 0 Å². The summed E-state index contributed by atoms with van der Waals surface area (Å²) in [5, 5.41) is 26.9. The first kappa shape index (κ1) is 32.2. The van der Waals surface area contributed by atoms with Gasteiger partial charge in [0.1, 0.15) is 0 Å². The molecule has 0 atom stereocenters. The third-order valence-electron chi connectivity index (χ3n) is 3.48. The molecule has 0 aliphatic rings. The van der Waals surface area contributed by atoms with Gasteiger partial charge >= 0.3 is 0 Å². The number of amides is 2. The number of nitrogens with one attached hydrogen (secondary N) is 2. The van der Waals surface area contributed by atoms with Crippen molar-refractivity contribution in [2.45, 2.75) is 0 Å². The molecule has 10 nitrogen and oxygen atoms in total. The highest BCUT2D eigenvalue weighted by atomic mass is 16.4. The number of nitrogens with zero attached hydrogens (tertiary/aromatic N) is 2. The molecule has 0 fully saturated rings. The van der Waals surface area contributed by atoms with Gasteiger partial charge in [0.2, 0.25) is 0 Å². The molecule has 0 radical (unpaired) electrons. The summed E-state index contributed by atoms with van der Waals surface area (Å²) >= 11 is 0. The van der Waals surface area contributed by atoms with Crippen molar-refractivity contribution >= 4 is 23.8 Å². The van der Waals surface area contributed by atoms with Gasteiger partial charge in [0.25, 0.3) is 11.8 Å². The highest BCUT2D eigenvalue weighted by Gasteiger charge is 2.13. The molecule has 0 aromatic heterocycles. The Balaban J connectivity index is 0.00000104. The first-order chi connectivity index (χ1) is 16.4. The average molecular weight is 503 g/mol. The molecule has 0 heterocycles. The molecule has 2 N–H and O–H groups in total. The van der Waals surface area contributed by atoms with Gasteiger partial charge in [-0.1, -0.05) is 36.4 Å². The van der Waals surface area contributed by atoms with Crippen LogP contribution in [0.4, 0.5) is 0 Å². The number of carboxylic acids is 2. The lowest BCUT2D eigenvalue weighted by Crippen LogP contribution is -2.36. The largest absolute Gasteiger partial charge is 0.545 e. The van der Waals surface area contributed by atoms with Crippen molar-refractivity contribution < 1.29 is 38.4 Å². The van der Waals surface area contributed by atoms with Crippen molar-refractivity contribution in [2.24, 2.45) is 0 Å². The maximum Gasteiger partial charge on any atom is 0.252 e. The summed E-state index contributed by atoms with van der Waals surface area (Å²) in [6, 6.07) is 11.2. The van der Waals surface area contributed by atoms with Crippen LogP contribution in [0.5, 0.6) is 0 Å². The molecular formula is C26H38N4O6. The van der Waals surface area contributed by atoms with Crippen LogP contribution in [-0.4, -0.2) is 102 Å². The van der Waals surface area contributed by atoms with Gasteiger partial charge in [0.05, 0.1) is 68.3 Å². The number of aromatic carboxylic acids is 2. The summed E-state index contributed by atoms with van der Waals surface area (Å²) < 4.78 is 2.00. The number of benzene rings is 2. The van der Waals surface area contributed by atoms with Crippen LogP contribution < -0.4 is 20.8 Å². The van der Waals surface area contributed by atoms with E-state index in [1.807, 2.05) is 0 Å². The monoisotopic (exact) mass is 502 g/mol. The maximum absolute atomic E-state index is 12.0. The summed E-state index contributed by atoms with van der Waals surface area (Å²) in [4.78, 5) is 46.0. The molecule has 10 heteroatoms. The SMILES string of the molecule is C[N+](C)(C)C.C[N+](C)(C)C.O=C([O-])c1ccccc1C(=O)NCCNC(=O)c1ccccc1C(=O)[O-]. The van der Waals surface area contributed by atoms with Gasteiger partial charge in [-0.15, -0.1) is 0 Å². The fourth-order valence-corrected chi connectivity index (χ4v) is 2.26. The van der Waals surface area contributed by atoms with Crippen molar-refractivity contribution in [3.05, 3.63) is 70.8 Å². The number of carbonyl (C=O) groups is 4. The molecule has 2 aromatic carbocycles. The fraction of sp³-hybridized carbons (Fsp3) is 0.385. The second-order valence-electron chi connectivity index (χ2n) is 10.5. The molecule has 198 valence electrons. The minimum atomic E-state index is -1.47. The minimum absolute atomic E-state index is 0.0133. The second-order valence-corrected chi connectivity index (χ2v) is 10.5. The number of hydrogen-bond donors (Lipinski definition) is 2. The van der Waals surface area contributed by atoms with Gasteiger partial charge in [0, 0.05) is 35.3 Å². The van der Waals surface area contributed by atoms with E-state index in [0.29, 0.717) is 0 Å². The van der Waals surface area contributed by atoms with Crippen molar-refractivity contribution in [1.82, 2.24) is 10.6 Å². The van der Waals surface area contributed by atoms with Gasteiger partial charge in [0.15, 0.2) is 0 Å². The highest BCUT2D eigenvalue weighted by Crippen LogP contribution is 2.08. The van der Waals surface area contributed by atoms with Crippen molar-refractivity contribution in [3.63, 3.8) is 0 Å². The number of quaternary nitrogens is 2. The topological polar surface area (TPSA) is 138 Å². The molecule has 0 aliphatic carbocycles. The smallest absolute Gasteiger partial charge is 0.252 e. The Kier molecular flexibility index (Phi) is 13.1. The summed E-state index contributed by atoms with van der Waals surface area (Å²) in [6.45, 7) is 0.0267. The van der Waals surface area contributed by atoms with Gasteiger partial charge in [-0.25, -0.2) is 0 Å². The van der Waals surface area contributed by atoms with E-state index in [1.165, 1.54) is 48.5 Å². The van der Waals surface area contributed by atoms with Gasteiger partial charge in [-0.3, -0.25) is 9.59 Å². The van der Waals surface area contributed by atoms with E-state index in [-0.39, 0.29) is 35.3 Å². The standard InChI is InChI=1S/C18H16N2O6.2C4H12N/c21-15(11-5-1-3-7-13(11)17(23)24)19-9-10-20-16(22)12-6-2-4-8-14(12)18(25)26;2*1-5(2,3)4/h1-8H,9-10H2,(H,19,21)(H,20,22)(H,23,24)(H,25,26);2*1-4H3/q;2*+1/p-2. The van der Waals surface area contributed by atoms with Crippen LogP contribution in [0.3, 0.4) is 0 Å². The molecule has 0 unspecified atom stereocenters. The van der Waals surface area contributed by atoms with Gasteiger partial charge in [-0.05, 0) is 12.1 Å². The van der Waals surface area contributed by atoms with E-state index in [2.05, 4.69) is 67.0 Å². The second kappa shape index (κ2) is 14.6. The number of carboxylic acid groups (broad SMARTS) is 2. The molecule has 2 amide bonds. The van der Waals surface area contributed by atoms with Gasteiger partial charge < -0.3 is 39.4 Å². The quantitative estimate of drug-likeness (QED) is 0.376. The van der Waals surface area contributed by atoms with Crippen LogP contribution >= 0.6 is 0 Å². The van der Waals surface area contributed by atoms with E-state index in [9.17, 15) is 29.4 Å². The van der Waals surface area contributed by atoms with Crippen molar-refractivity contribution in [1.29, 1.82) is 0 Å². The Morgan fingerprint density at radius 2 is 0.778 bits per heavy atom. The third-order valence-corrected chi connectivity index (χ3v) is 3.48. The van der Waals surface area contributed by atoms with E-state index < -0.39 is 23.8 Å². The zero-order valence-electron chi connectivity index (χ0n) is 22.4. The average Bonchev–Trinajstić information content (AvgIpc) is 2.74. The summed E-state index contributed by atoms with van der Waals surface area (Å²) in [7, 11) is 17.0.